The van der Waals surface area contributed by atoms with Crippen LogP contribution in [-0.4, -0.2) is 173 Å². The molecule has 2 aliphatic rings. The second-order valence-corrected chi connectivity index (χ2v) is 28.6. The third-order valence-corrected chi connectivity index (χ3v) is 17.9. The average Bonchev–Trinajstić information content (AvgIpc) is 3.82. The fraction of sp³-hybridized carbons (Fsp3) is 0.457. The van der Waals surface area contributed by atoms with E-state index in [0.717, 1.165) is 12.1 Å². The van der Waals surface area contributed by atoms with Crippen molar-refractivity contribution in [3.05, 3.63) is 82.6 Å². The van der Waals surface area contributed by atoms with E-state index in [1.807, 2.05) is 0 Å². The first-order chi connectivity index (χ1) is 36.6. The number of nitrogens with zero attached hydrogens (tertiary/aromatic N) is 2. The van der Waals surface area contributed by atoms with Gasteiger partial charge >= 0.3 is 5.97 Å². The third-order valence-electron chi connectivity index (χ3n) is 13.2. The maximum atomic E-state index is 14.3. The van der Waals surface area contributed by atoms with Crippen LogP contribution in [0.25, 0.3) is 10.8 Å². The molecule has 80 heavy (non-hydrogen) atoms. The fourth-order valence-electron chi connectivity index (χ4n) is 9.77. The van der Waals surface area contributed by atoms with E-state index in [-0.39, 0.29) is 102 Å². The molecule has 442 valence electrons. The van der Waals surface area contributed by atoms with Crippen LogP contribution in [0.2, 0.25) is 0 Å². The van der Waals surface area contributed by atoms with Gasteiger partial charge in [-0.3, -0.25) is 46.5 Å². The van der Waals surface area contributed by atoms with Crippen LogP contribution in [0.15, 0.2) is 70.1 Å². The number of amides is 3. The minimum Gasteiger partial charge on any atom is -0.481 e. The van der Waals surface area contributed by atoms with E-state index in [9.17, 15) is 102 Å². The molecule has 0 aliphatic carbocycles. The Morgan fingerprint density at radius 2 is 1.20 bits per heavy atom. The van der Waals surface area contributed by atoms with Gasteiger partial charge in [0.05, 0.1) is 39.7 Å². The molecule has 28 nitrogen and oxygen atoms in total. The number of fused-ring (bicyclic) bond motifs is 4. The summed E-state index contributed by atoms with van der Waals surface area (Å²) in [7, 11) is -28.7. The summed E-state index contributed by atoms with van der Waals surface area (Å²) in [6.07, 6.45) is 4.40. The number of aliphatic carboxylic acids is 1. The Kier molecular flexibility index (Phi) is 20.1. The molecule has 2 aliphatic heterocycles. The van der Waals surface area contributed by atoms with Crippen molar-refractivity contribution < 1.29 is 107 Å². The Balaban J connectivity index is 1.82. The lowest BCUT2D eigenvalue weighted by Crippen LogP contribution is -2.33. The molecule has 34 heteroatoms. The normalized spacial score (nSPS) is 17.3. The number of rotatable bonds is 28. The van der Waals surface area contributed by atoms with Gasteiger partial charge in [-0.1, -0.05) is 18.9 Å². The van der Waals surface area contributed by atoms with Crippen molar-refractivity contribution >= 4 is 112 Å². The second kappa shape index (κ2) is 24.7. The van der Waals surface area contributed by atoms with Gasteiger partial charge < -0.3 is 26.0 Å². The number of allylic oxidation sites excluding steroid dienone is 4. The number of carbonyl (C=O) groups is 4. The lowest BCUT2D eigenvalue weighted by Gasteiger charge is -2.31. The zero-order chi connectivity index (χ0) is 60.2. The van der Waals surface area contributed by atoms with Gasteiger partial charge in [0.15, 0.2) is 12.3 Å². The Morgan fingerprint density at radius 1 is 0.625 bits per heavy atom. The monoisotopic (exact) mass is 1240 g/mol. The molecule has 0 saturated carbocycles. The predicted molar refractivity (Wildman–Crippen MR) is 288 cm³/mol. The number of unbranched alkanes of at least 4 members (excludes halogenated alkanes) is 2. The topological polar surface area (TPSA) is 457 Å². The van der Waals surface area contributed by atoms with Gasteiger partial charge in [0, 0.05) is 89.2 Å². The standard InChI is InChI=1S/C46H59N5O23S6/c1-45(2)37(51(20-14-39(52)47-16-22-76(60,61)62)34-13-12-31-32(41(34)45)27-30(79(69,70)71)28-36(31)80(72,73)74)9-7-10-38-46(3,15-6-4-5-11-40(53)54)42-33(44(56)49-18-24-78(66,67)68)25-29(43(55)48-17-23-77(63,64)65)26-35(42)50(38)19-8-21-75(57,58)59/h7,9-10,12-13,25-28H,4-6,8,11,14-24H2,1-3H3,(H9-,47,48,49,52,53,54,55,56,57,58,59,60,61,62,63,64,65,66,67,68,69,70,71,72,73,74)/p+1. The number of nitrogens with one attached hydrogen (secondary N) is 3. The molecule has 2 heterocycles. The highest BCUT2D eigenvalue weighted by Crippen LogP contribution is 2.53. The minimum atomic E-state index is -5.18. The molecule has 0 saturated heterocycles. The third kappa shape index (κ3) is 16.9. The quantitative estimate of drug-likeness (QED) is 0.0282. The van der Waals surface area contributed by atoms with E-state index in [0.29, 0.717) is 18.2 Å². The summed E-state index contributed by atoms with van der Waals surface area (Å²) in [5, 5.41) is 16.2. The van der Waals surface area contributed by atoms with Crippen LogP contribution in [0.1, 0.15) is 97.6 Å². The van der Waals surface area contributed by atoms with Crippen LogP contribution in [0.4, 0.5) is 11.4 Å². The van der Waals surface area contributed by atoms with Gasteiger partial charge in [-0.15, -0.1) is 0 Å². The summed E-state index contributed by atoms with van der Waals surface area (Å²) in [4.78, 5) is 52.5. The number of hydrogen-bond donors (Lipinski definition) is 10. The highest BCUT2D eigenvalue weighted by Gasteiger charge is 2.48. The Hall–Kier alpha value is -5.79. The molecule has 0 spiro atoms. The highest BCUT2D eigenvalue weighted by atomic mass is 32.2. The Labute approximate surface area is 461 Å². The van der Waals surface area contributed by atoms with E-state index in [1.165, 1.54) is 41.3 Å². The molecule has 3 amide bonds. The Morgan fingerprint density at radius 3 is 1.75 bits per heavy atom. The molecule has 0 fully saturated rings. The van der Waals surface area contributed by atoms with Crippen molar-refractivity contribution in [2.75, 3.05) is 60.6 Å². The number of hydrogen-bond acceptors (Lipinski definition) is 17. The number of carboxylic acid groups (broad SMARTS) is 1. The zero-order valence-electron chi connectivity index (χ0n) is 43.0. The molecule has 1 atom stereocenters. The van der Waals surface area contributed by atoms with E-state index in [4.69, 9.17) is 0 Å². The van der Waals surface area contributed by atoms with Crippen LogP contribution in [0, 0.1) is 0 Å². The van der Waals surface area contributed by atoms with Gasteiger partial charge in [-0.05, 0) is 81.8 Å². The van der Waals surface area contributed by atoms with Gasteiger partial charge in [0.1, 0.15) is 4.90 Å². The van der Waals surface area contributed by atoms with E-state index in [1.54, 1.807) is 25.3 Å². The van der Waals surface area contributed by atoms with Gasteiger partial charge in [-0.2, -0.15) is 55.1 Å². The van der Waals surface area contributed by atoms with Crippen molar-refractivity contribution in [1.82, 2.24) is 16.0 Å². The largest absolute Gasteiger partial charge is 0.481 e. The van der Waals surface area contributed by atoms with Crippen molar-refractivity contribution in [3.63, 3.8) is 0 Å². The first kappa shape index (κ1) is 65.0. The molecular formula is C46H60N5O23S6+. The lowest BCUT2D eigenvalue weighted by molar-refractivity contribution is -0.436. The van der Waals surface area contributed by atoms with Crippen molar-refractivity contribution in [2.45, 2.75) is 86.3 Å². The predicted octanol–water partition coefficient (Wildman–Crippen LogP) is 1.87. The summed E-state index contributed by atoms with van der Waals surface area (Å²) >= 11 is 0. The van der Waals surface area contributed by atoms with Crippen LogP contribution in [0.3, 0.4) is 0 Å². The van der Waals surface area contributed by atoms with Crippen LogP contribution >= 0.6 is 0 Å². The van der Waals surface area contributed by atoms with Crippen LogP contribution in [-0.2, 0) is 81.1 Å². The van der Waals surface area contributed by atoms with Gasteiger partial charge in [0.25, 0.3) is 72.5 Å². The Bertz CT molecular complexity index is 3800. The number of benzene rings is 3. The van der Waals surface area contributed by atoms with Gasteiger partial charge in [-0.25, -0.2) is 0 Å². The van der Waals surface area contributed by atoms with E-state index < -0.39 is 148 Å². The minimum absolute atomic E-state index is 0.0639. The average molecular weight is 1240 g/mol. The smallest absolute Gasteiger partial charge is 0.303 e. The summed E-state index contributed by atoms with van der Waals surface area (Å²) in [6, 6.07) is 6.60. The van der Waals surface area contributed by atoms with E-state index >= 15 is 0 Å². The van der Waals surface area contributed by atoms with Crippen LogP contribution in [0.5, 0.6) is 0 Å². The summed E-state index contributed by atoms with van der Waals surface area (Å²) in [5.41, 5.74) is -2.13. The molecule has 10 N–H and O–H groups in total. The molecule has 3 aromatic carbocycles. The van der Waals surface area contributed by atoms with Crippen LogP contribution < -0.4 is 20.9 Å². The maximum Gasteiger partial charge on any atom is 0.303 e. The first-order valence-electron chi connectivity index (χ1n) is 24.1. The second-order valence-electron chi connectivity index (χ2n) is 19.5. The van der Waals surface area contributed by atoms with Crippen molar-refractivity contribution in [3.8, 4) is 0 Å². The number of carbonyl (C=O) groups excluding carboxylic acids is 3. The molecule has 0 aromatic heterocycles. The molecule has 0 bridgehead atoms. The molecule has 0 radical (unpaired) electrons. The SMILES string of the molecule is CC1(C)C(C=CC=C2N(CCCS(=O)(=O)O)c3cc(C(=O)NCCS(=O)(=O)O)cc(C(=O)NCCS(=O)(=O)O)c3C2(C)CCCCCC(=O)O)=[N+](CCC(=O)NCCS(=O)(=O)O)c2ccc3c(S(=O)(=O)O)cc(S(=O)(=O)O)cc3c21. The lowest BCUT2D eigenvalue weighted by atomic mass is 9.74. The highest BCUT2D eigenvalue weighted by molar-refractivity contribution is 7.87. The number of carboxylic acids is 1. The fourth-order valence-corrected chi connectivity index (χ4v) is 12.7. The van der Waals surface area contributed by atoms with E-state index in [2.05, 4.69) is 16.0 Å². The summed E-state index contributed by atoms with van der Waals surface area (Å²) < 4.78 is 204. The summed E-state index contributed by atoms with van der Waals surface area (Å²) in [6.45, 7) is 2.63. The van der Waals surface area contributed by atoms with Crippen molar-refractivity contribution in [1.29, 1.82) is 0 Å². The maximum absolute atomic E-state index is 14.3. The molecule has 5 rings (SSSR count). The van der Waals surface area contributed by atoms with Crippen molar-refractivity contribution in [2.24, 2.45) is 0 Å². The zero-order valence-corrected chi connectivity index (χ0v) is 47.9. The molecule has 3 aromatic rings. The molecule has 1 unspecified atom stereocenters. The number of anilines is 1. The first-order valence-corrected chi connectivity index (χ1v) is 33.4. The summed E-state index contributed by atoms with van der Waals surface area (Å²) in [5.74, 6) is -7.30. The van der Waals surface area contributed by atoms with Gasteiger partial charge in [0.2, 0.25) is 11.6 Å². The molecular weight excluding hydrogens is 1180 g/mol.